The van der Waals surface area contributed by atoms with Crippen molar-refractivity contribution in [1.29, 1.82) is 0 Å². The Morgan fingerprint density at radius 2 is 1.88 bits per heavy atom. The van der Waals surface area contributed by atoms with Gasteiger partial charge in [0.2, 0.25) is 0 Å². The lowest BCUT2D eigenvalue weighted by Crippen LogP contribution is -2.17. The fourth-order valence-corrected chi connectivity index (χ4v) is 1.78. The summed E-state index contributed by atoms with van der Waals surface area (Å²) in [6.07, 6.45) is 9.29. The molecule has 5 heteroatoms. The third-order valence-electron chi connectivity index (χ3n) is 2.74. The number of hydrogen-bond acceptors (Lipinski definition) is 5. The fourth-order valence-electron chi connectivity index (χ4n) is 1.78. The van der Waals surface area contributed by atoms with Crippen LogP contribution in [0.15, 0.2) is 11.8 Å². The van der Waals surface area contributed by atoms with Crippen molar-refractivity contribution >= 4 is 0 Å². The molecule has 0 saturated heterocycles. The third kappa shape index (κ3) is 6.63. The Labute approximate surface area is 102 Å². The summed E-state index contributed by atoms with van der Waals surface area (Å²) in [5.41, 5.74) is 0. The molecule has 0 aromatic carbocycles. The summed E-state index contributed by atoms with van der Waals surface area (Å²) in [5.74, 6) is 0.703. The lowest BCUT2D eigenvalue weighted by molar-refractivity contribution is -0.708. The fraction of sp³-hybridized carbons (Fsp3) is 0.833. The van der Waals surface area contributed by atoms with Gasteiger partial charge < -0.3 is 4.89 Å². The standard InChI is InChI=1S/C12H22O5/c1-3-8-11(4-2)13-15-17-16-14-12-9-6-5-7-10-12/h4,12H,3,5-10H2,1-2H3. The zero-order valence-electron chi connectivity index (χ0n) is 10.6. The van der Waals surface area contributed by atoms with Crippen molar-refractivity contribution in [2.75, 3.05) is 0 Å². The van der Waals surface area contributed by atoms with Gasteiger partial charge in [-0.15, -0.1) is 0 Å². The van der Waals surface area contributed by atoms with Gasteiger partial charge in [0.15, 0.2) is 0 Å². The monoisotopic (exact) mass is 246 g/mol. The largest absolute Gasteiger partial charge is 0.311 e. The first-order valence-electron chi connectivity index (χ1n) is 6.35. The van der Waals surface area contributed by atoms with Crippen LogP contribution in [-0.2, 0) is 24.9 Å². The molecule has 100 valence electrons. The van der Waals surface area contributed by atoms with Crippen LogP contribution in [0.2, 0.25) is 0 Å². The molecule has 0 N–H and O–H groups in total. The summed E-state index contributed by atoms with van der Waals surface area (Å²) in [7, 11) is 0. The van der Waals surface area contributed by atoms with E-state index in [1.807, 2.05) is 13.0 Å². The Hall–Kier alpha value is -0.620. The highest BCUT2D eigenvalue weighted by Crippen LogP contribution is 2.20. The topological polar surface area (TPSA) is 46.2 Å². The van der Waals surface area contributed by atoms with Gasteiger partial charge in [-0.3, -0.25) is 0 Å². The van der Waals surface area contributed by atoms with Gasteiger partial charge in [-0.2, -0.15) is 0 Å². The molecule has 0 aromatic heterocycles. The maximum absolute atomic E-state index is 5.01. The highest BCUT2D eigenvalue weighted by molar-refractivity contribution is 4.87. The highest BCUT2D eigenvalue weighted by Gasteiger charge is 2.15. The molecule has 0 unspecified atom stereocenters. The Kier molecular flexibility index (Phi) is 8.00. The molecule has 1 aliphatic rings. The van der Waals surface area contributed by atoms with E-state index in [-0.39, 0.29) is 6.10 Å². The summed E-state index contributed by atoms with van der Waals surface area (Å²) >= 11 is 0. The SMILES string of the molecule is CC=C(CCC)OOOOOC1CCCCC1. The Morgan fingerprint density at radius 3 is 2.53 bits per heavy atom. The van der Waals surface area contributed by atoms with E-state index in [4.69, 9.17) is 9.78 Å². The van der Waals surface area contributed by atoms with E-state index < -0.39 is 0 Å². The van der Waals surface area contributed by atoms with Crippen molar-refractivity contribution in [3.63, 3.8) is 0 Å². The van der Waals surface area contributed by atoms with Gasteiger partial charge in [0, 0.05) is 16.5 Å². The van der Waals surface area contributed by atoms with E-state index in [0.717, 1.165) is 25.7 Å². The molecule has 0 amide bonds. The van der Waals surface area contributed by atoms with Crippen LogP contribution >= 0.6 is 0 Å². The minimum atomic E-state index is 0.101. The Morgan fingerprint density at radius 1 is 1.12 bits per heavy atom. The zero-order valence-corrected chi connectivity index (χ0v) is 10.6. The number of allylic oxidation sites excluding steroid dienone is 2. The highest BCUT2D eigenvalue weighted by atomic mass is 17.8. The minimum Gasteiger partial charge on any atom is -0.311 e. The third-order valence-corrected chi connectivity index (χ3v) is 2.74. The van der Waals surface area contributed by atoms with Crippen LogP contribution in [0.4, 0.5) is 0 Å². The van der Waals surface area contributed by atoms with Gasteiger partial charge in [0.1, 0.15) is 5.76 Å². The lowest BCUT2D eigenvalue weighted by atomic mass is 9.98. The second-order valence-corrected chi connectivity index (χ2v) is 4.15. The molecule has 0 atom stereocenters. The van der Waals surface area contributed by atoms with Crippen molar-refractivity contribution in [2.45, 2.75) is 64.9 Å². The van der Waals surface area contributed by atoms with Crippen LogP contribution in [-0.4, -0.2) is 6.10 Å². The molecular formula is C12H22O5. The second-order valence-electron chi connectivity index (χ2n) is 4.15. The van der Waals surface area contributed by atoms with E-state index in [1.54, 1.807) is 0 Å². The molecule has 0 heterocycles. The summed E-state index contributed by atoms with van der Waals surface area (Å²) in [6.45, 7) is 3.92. The Bertz CT molecular complexity index is 211. The predicted molar refractivity (Wildman–Crippen MR) is 61.0 cm³/mol. The lowest BCUT2D eigenvalue weighted by Gasteiger charge is -2.18. The molecule has 0 aliphatic heterocycles. The quantitative estimate of drug-likeness (QED) is 0.282. The van der Waals surface area contributed by atoms with Gasteiger partial charge in [-0.25, -0.2) is 4.89 Å². The predicted octanol–water partition coefficient (Wildman–Crippen LogP) is 3.77. The van der Waals surface area contributed by atoms with Gasteiger partial charge >= 0.3 is 0 Å². The van der Waals surface area contributed by atoms with Crippen LogP contribution in [0.25, 0.3) is 0 Å². The van der Waals surface area contributed by atoms with E-state index >= 15 is 0 Å². The average Bonchev–Trinajstić information content (AvgIpc) is 2.38. The minimum absolute atomic E-state index is 0.101. The van der Waals surface area contributed by atoms with Gasteiger partial charge in [0.05, 0.1) is 6.10 Å². The van der Waals surface area contributed by atoms with Crippen LogP contribution in [0, 0.1) is 0 Å². The molecular weight excluding hydrogens is 224 g/mol. The Balaban J connectivity index is 1.96. The first-order valence-corrected chi connectivity index (χ1v) is 6.35. The number of hydrogen-bond donors (Lipinski definition) is 0. The van der Waals surface area contributed by atoms with Crippen molar-refractivity contribution in [1.82, 2.24) is 0 Å². The molecule has 17 heavy (non-hydrogen) atoms. The van der Waals surface area contributed by atoms with E-state index in [9.17, 15) is 0 Å². The molecule has 0 spiro atoms. The molecule has 1 aliphatic carbocycles. The maximum Gasteiger partial charge on any atom is 0.141 e. The van der Waals surface area contributed by atoms with Crippen LogP contribution in [0.1, 0.15) is 58.8 Å². The molecule has 0 aromatic rings. The summed E-state index contributed by atoms with van der Waals surface area (Å²) in [4.78, 5) is 9.87. The van der Waals surface area contributed by atoms with Crippen molar-refractivity contribution < 1.29 is 24.9 Å². The first-order chi connectivity index (χ1) is 8.36. The van der Waals surface area contributed by atoms with E-state index in [1.165, 1.54) is 19.3 Å². The van der Waals surface area contributed by atoms with Gasteiger partial charge in [0.25, 0.3) is 0 Å². The van der Waals surface area contributed by atoms with Crippen molar-refractivity contribution in [3.8, 4) is 0 Å². The molecule has 5 nitrogen and oxygen atoms in total. The zero-order chi connectivity index (χ0) is 12.3. The smallest absolute Gasteiger partial charge is 0.141 e. The summed E-state index contributed by atoms with van der Waals surface area (Å²) in [6, 6.07) is 0. The molecule has 0 bridgehead atoms. The molecule has 0 radical (unpaired) electrons. The van der Waals surface area contributed by atoms with Crippen LogP contribution < -0.4 is 0 Å². The van der Waals surface area contributed by atoms with Gasteiger partial charge in [-0.05, 0) is 37.3 Å². The molecule has 1 rings (SSSR count). The van der Waals surface area contributed by atoms with Crippen LogP contribution in [0.5, 0.6) is 0 Å². The van der Waals surface area contributed by atoms with E-state index in [2.05, 4.69) is 22.0 Å². The van der Waals surface area contributed by atoms with Crippen molar-refractivity contribution in [2.24, 2.45) is 0 Å². The average molecular weight is 246 g/mol. The van der Waals surface area contributed by atoms with Crippen LogP contribution in [0.3, 0.4) is 0 Å². The first kappa shape index (κ1) is 14.4. The molecule has 1 fully saturated rings. The summed E-state index contributed by atoms with van der Waals surface area (Å²) < 4.78 is 0. The van der Waals surface area contributed by atoms with Crippen molar-refractivity contribution in [3.05, 3.63) is 11.8 Å². The summed E-state index contributed by atoms with van der Waals surface area (Å²) in [5, 5.41) is 13.2. The maximum atomic E-state index is 5.01. The second kappa shape index (κ2) is 9.41. The normalized spacial score (nSPS) is 18.4. The van der Waals surface area contributed by atoms with Gasteiger partial charge in [-0.1, -0.05) is 26.2 Å². The molecule has 1 saturated carbocycles. The van der Waals surface area contributed by atoms with E-state index in [0.29, 0.717) is 5.76 Å². The number of rotatable bonds is 8.